The Balaban J connectivity index is 2.58. The zero-order valence-electron chi connectivity index (χ0n) is 11.1. The highest BCUT2D eigenvalue weighted by Gasteiger charge is 2.15. The van der Waals surface area contributed by atoms with Crippen molar-refractivity contribution in [2.24, 2.45) is 0 Å². The number of para-hydroxylation sites is 1. The van der Waals surface area contributed by atoms with Crippen LogP contribution in [0.1, 0.15) is 32.4 Å². The zero-order chi connectivity index (χ0) is 13.3. The van der Waals surface area contributed by atoms with E-state index in [-0.39, 0.29) is 11.5 Å². The van der Waals surface area contributed by atoms with E-state index >= 15 is 0 Å². The molecule has 3 nitrogen and oxygen atoms in total. The van der Waals surface area contributed by atoms with Gasteiger partial charge in [-0.05, 0) is 25.5 Å². The molecule has 98 valence electrons. The Hall–Kier alpha value is -1.29. The molecule has 0 aliphatic heterocycles. The summed E-state index contributed by atoms with van der Waals surface area (Å²) in [5.74, 6) is 0.317. The second kappa shape index (κ2) is 4.76. The van der Waals surface area contributed by atoms with Crippen LogP contribution in [0.4, 0.5) is 0 Å². The topological polar surface area (TPSA) is 39.1 Å². The molecule has 1 aromatic heterocycles. The summed E-state index contributed by atoms with van der Waals surface area (Å²) >= 11 is 0. The second-order valence-electron chi connectivity index (χ2n) is 4.85. The van der Waals surface area contributed by atoms with Crippen molar-refractivity contribution in [3.63, 3.8) is 0 Å². The van der Waals surface area contributed by atoms with Gasteiger partial charge in [0.25, 0.3) is 0 Å². The SMILES string of the molecule is CCS(=O)(=O)Cc1cn(C(C)C)c2ccccc12. The molecule has 0 spiro atoms. The van der Waals surface area contributed by atoms with E-state index in [2.05, 4.69) is 18.4 Å². The van der Waals surface area contributed by atoms with Crippen molar-refractivity contribution in [2.45, 2.75) is 32.6 Å². The fourth-order valence-corrected chi connectivity index (χ4v) is 3.07. The Labute approximate surface area is 108 Å². The molecule has 0 unspecified atom stereocenters. The molecular formula is C14H19NO2S. The Kier molecular flexibility index (Phi) is 3.48. The summed E-state index contributed by atoms with van der Waals surface area (Å²) in [6.45, 7) is 5.89. The van der Waals surface area contributed by atoms with E-state index in [1.54, 1.807) is 6.92 Å². The van der Waals surface area contributed by atoms with Gasteiger partial charge >= 0.3 is 0 Å². The van der Waals surface area contributed by atoms with E-state index in [0.29, 0.717) is 6.04 Å². The molecule has 1 aromatic carbocycles. The third-order valence-electron chi connectivity index (χ3n) is 3.19. The standard InChI is InChI=1S/C14H19NO2S/c1-4-18(16,17)10-12-9-15(11(2)3)14-8-6-5-7-13(12)14/h5-9,11H,4,10H2,1-3H3. The fourth-order valence-electron chi connectivity index (χ4n) is 2.16. The van der Waals surface area contributed by atoms with Gasteiger partial charge in [0, 0.05) is 28.9 Å². The first-order valence-corrected chi connectivity index (χ1v) is 8.05. The minimum Gasteiger partial charge on any atom is -0.345 e. The minimum atomic E-state index is -2.99. The summed E-state index contributed by atoms with van der Waals surface area (Å²) in [6.07, 6.45) is 1.97. The van der Waals surface area contributed by atoms with Crippen LogP contribution in [0.25, 0.3) is 10.9 Å². The van der Waals surface area contributed by atoms with Gasteiger partial charge in [-0.15, -0.1) is 0 Å². The number of fused-ring (bicyclic) bond motifs is 1. The predicted molar refractivity (Wildman–Crippen MR) is 75.5 cm³/mol. The first kappa shape index (κ1) is 13.1. The molecule has 0 atom stereocenters. The first-order chi connectivity index (χ1) is 8.44. The fraction of sp³-hybridized carbons (Fsp3) is 0.429. The Morgan fingerprint density at radius 1 is 1.22 bits per heavy atom. The quantitative estimate of drug-likeness (QED) is 0.851. The molecule has 0 fully saturated rings. The minimum absolute atomic E-state index is 0.129. The average Bonchev–Trinajstić information content (AvgIpc) is 2.68. The van der Waals surface area contributed by atoms with E-state index in [0.717, 1.165) is 16.5 Å². The van der Waals surface area contributed by atoms with Crippen molar-refractivity contribution in [3.05, 3.63) is 36.0 Å². The number of nitrogens with zero attached hydrogens (tertiary/aromatic N) is 1. The van der Waals surface area contributed by atoms with Crippen LogP contribution in [0.3, 0.4) is 0 Å². The number of rotatable bonds is 4. The van der Waals surface area contributed by atoms with Crippen LogP contribution in [0.15, 0.2) is 30.5 Å². The summed E-state index contributed by atoms with van der Waals surface area (Å²) in [5.41, 5.74) is 2.01. The molecule has 0 N–H and O–H groups in total. The molecule has 2 aromatic rings. The number of benzene rings is 1. The molecule has 4 heteroatoms. The van der Waals surface area contributed by atoms with Gasteiger partial charge in [-0.3, -0.25) is 0 Å². The normalized spacial score (nSPS) is 12.4. The Bertz CT molecular complexity index is 653. The van der Waals surface area contributed by atoms with Gasteiger partial charge in [-0.1, -0.05) is 25.1 Å². The summed E-state index contributed by atoms with van der Waals surface area (Å²) in [6, 6.07) is 8.30. The van der Waals surface area contributed by atoms with Gasteiger partial charge in [0.2, 0.25) is 0 Å². The maximum absolute atomic E-state index is 11.8. The van der Waals surface area contributed by atoms with E-state index < -0.39 is 9.84 Å². The number of hydrogen-bond donors (Lipinski definition) is 0. The number of sulfone groups is 1. The summed E-state index contributed by atoms with van der Waals surface area (Å²) in [5, 5.41) is 1.04. The van der Waals surface area contributed by atoms with Crippen molar-refractivity contribution in [1.29, 1.82) is 0 Å². The van der Waals surface area contributed by atoms with E-state index in [4.69, 9.17) is 0 Å². The third-order valence-corrected chi connectivity index (χ3v) is 4.83. The molecule has 0 saturated heterocycles. The highest BCUT2D eigenvalue weighted by atomic mass is 32.2. The average molecular weight is 265 g/mol. The molecule has 2 rings (SSSR count). The molecule has 0 aliphatic rings. The first-order valence-electron chi connectivity index (χ1n) is 6.23. The van der Waals surface area contributed by atoms with Crippen molar-refractivity contribution < 1.29 is 8.42 Å². The van der Waals surface area contributed by atoms with Gasteiger partial charge in [-0.2, -0.15) is 0 Å². The Morgan fingerprint density at radius 2 is 1.89 bits per heavy atom. The maximum atomic E-state index is 11.8. The molecular weight excluding hydrogens is 246 g/mol. The van der Waals surface area contributed by atoms with Crippen LogP contribution in [0.2, 0.25) is 0 Å². The van der Waals surface area contributed by atoms with Gasteiger partial charge in [0.1, 0.15) is 0 Å². The van der Waals surface area contributed by atoms with Gasteiger partial charge in [0.15, 0.2) is 9.84 Å². The monoisotopic (exact) mass is 265 g/mol. The van der Waals surface area contributed by atoms with Gasteiger partial charge < -0.3 is 4.57 Å². The highest BCUT2D eigenvalue weighted by molar-refractivity contribution is 7.90. The van der Waals surface area contributed by atoms with E-state index in [9.17, 15) is 8.42 Å². The molecule has 0 aliphatic carbocycles. The van der Waals surface area contributed by atoms with E-state index in [1.807, 2.05) is 30.5 Å². The largest absolute Gasteiger partial charge is 0.345 e. The lowest BCUT2D eigenvalue weighted by Gasteiger charge is -2.08. The van der Waals surface area contributed by atoms with Crippen molar-refractivity contribution in [3.8, 4) is 0 Å². The molecule has 0 amide bonds. The summed E-state index contributed by atoms with van der Waals surface area (Å²) < 4.78 is 25.7. The van der Waals surface area contributed by atoms with Crippen LogP contribution >= 0.6 is 0 Å². The smallest absolute Gasteiger partial charge is 0.154 e. The zero-order valence-corrected chi connectivity index (χ0v) is 11.9. The van der Waals surface area contributed by atoms with Gasteiger partial charge in [-0.25, -0.2) is 8.42 Å². The van der Waals surface area contributed by atoms with Crippen molar-refractivity contribution >= 4 is 20.7 Å². The van der Waals surface area contributed by atoms with Crippen LogP contribution in [-0.4, -0.2) is 18.7 Å². The Morgan fingerprint density at radius 3 is 2.50 bits per heavy atom. The second-order valence-corrected chi connectivity index (χ2v) is 7.20. The van der Waals surface area contributed by atoms with E-state index in [1.165, 1.54) is 0 Å². The number of aromatic nitrogens is 1. The van der Waals surface area contributed by atoms with Crippen LogP contribution in [0, 0.1) is 0 Å². The maximum Gasteiger partial charge on any atom is 0.154 e. The lowest BCUT2D eigenvalue weighted by atomic mass is 10.2. The van der Waals surface area contributed by atoms with Crippen LogP contribution in [-0.2, 0) is 15.6 Å². The highest BCUT2D eigenvalue weighted by Crippen LogP contribution is 2.26. The third kappa shape index (κ3) is 2.43. The molecule has 0 bridgehead atoms. The summed E-state index contributed by atoms with van der Waals surface area (Å²) in [7, 11) is -2.99. The molecule has 1 heterocycles. The lowest BCUT2D eigenvalue weighted by molar-refractivity contribution is 0.595. The van der Waals surface area contributed by atoms with Gasteiger partial charge in [0.05, 0.1) is 5.75 Å². The molecule has 18 heavy (non-hydrogen) atoms. The summed E-state index contributed by atoms with van der Waals surface area (Å²) in [4.78, 5) is 0. The van der Waals surface area contributed by atoms with Crippen molar-refractivity contribution in [1.82, 2.24) is 4.57 Å². The lowest BCUT2D eigenvalue weighted by Crippen LogP contribution is -2.06. The van der Waals surface area contributed by atoms with Crippen LogP contribution < -0.4 is 0 Å². The van der Waals surface area contributed by atoms with Crippen LogP contribution in [0.5, 0.6) is 0 Å². The predicted octanol–water partition coefficient (Wildman–Crippen LogP) is 3.16. The molecule has 0 saturated carbocycles. The van der Waals surface area contributed by atoms with Crippen molar-refractivity contribution in [2.75, 3.05) is 5.75 Å². The molecule has 0 radical (unpaired) electrons. The number of hydrogen-bond acceptors (Lipinski definition) is 2.